The van der Waals surface area contributed by atoms with Crippen molar-refractivity contribution < 1.29 is 0 Å². The minimum absolute atomic E-state index is 0.440. The molecule has 2 N–H and O–H groups in total. The van der Waals surface area contributed by atoms with Crippen LogP contribution >= 0.6 is 12.2 Å². The minimum atomic E-state index is 0.440. The van der Waals surface area contributed by atoms with Gasteiger partial charge >= 0.3 is 0 Å². The van der Waals surface area contributed by atoms with E-state index in [0.29, 0.717) is 4.99 Å². The number of thiocarbonyl (C=S) groups is 1. The number of hydrogen-bond donors (Lipinski definition) is 1. The molecule has 4 heteroatoms. The molecule has 1 unspecified atom stereocenters. The molecule has 86 valence electrons. The van der Waals surface area contributed by atoms with Crippen LogP contribution in [0.4, 0.5) is 5.82 Å². The zero-order chi connectivity index (χ0) is 11.5. The van der Waals surface area contributed by atoms with E-state index < -0.39 is 0 Å². The van der Waals surface area contributed by atoms with Crippen molar-refractivity contribution in [1.29, 1.82) is 0 Å². The van der Waals surface area contributed by atoms with E-state index in [1.54, 1.807) is 6.20 Å². The zero-order valence-electron chi connectivity index (χ0n) is 9.52. The van der Waals surface area contributed by atoms with Gasteiger partial charge in [-0.05, 0) is 24.5 Å². The molecule has 0 aliphatic carbocycles. The molecule has 1 aliphatic heterocycles. The minimum Gasteiger partial charge on any atom is -0.389 e. The second kappa shape index (κ2) is 4.78. The fourth-order valence-electron chi connectivity index (χ4n) is 2.12. The Morgan fingerprint density at radius 3 is 3.12 bits per heavy atom. The van der Waals surface area contributed by atoms with Gasteiger partial charge in [0.1, 0.15) is 10.8 Å². The maximum absolute atomic E-state index is 5.62. The van der Waals surface area contributed by atoms with Crippen LogP contribution in [-0.4, -0.2) is 23.1 Å². The molecule has 0 saturated carbocycles. The monoisotopic (exact) mass is 235 g/mol. The third-order valence-corrected chi connectivity index (χ3v) is 3.45. The lowest BCUT2D eigenvalue weighted by Gasteiger charge is -2.17. The van der Waals surface area contributed by atoms with Crippen LogP contribution in [0.25, 0.3) is 0 Å². The summed E-state index contributed by atoms with van der Waals surface area (Å²) in [7, 11) is 0. The van der Waals surface area contributed by atoms with Crippen LogP contribution in [0.2, 0.25) is 0 Å². The molecule has 2 heterocycles. The summed E-state index contributed by atoms with van der Waals surface area (Å²) in [6.07, 6.45) is 4.28. The number of hydrogen-bond acceptors (Lipinski definition) is 3. The first-order chi connectivity index (χ1) is 7.70. The quantitative estimate of drug-likeness (QED) is 0.813. The molecule has 1 fully saturated rings. The van der Waals surface area contributed by atoms with E-state index in [0.717, 1.165) is 30.4 Å². The lowest BCUT2D eigenvalue weighted by atomic mass is 10.1. The first-order valence-corrected chi connectivity index (χ1v) is 6.12. The van der Waals surface area contributed by atoms with E-state index in [9.17, 15) is 0 Å². The van der Waals surface area contributed by atoms with E-state index in [1.165, 1.54) is 12.8 Å². The van der Waals surface area contributed by atoms with E-state index in [-0.39, 0.29) is 0 Å². The van der Waals surface area contributed by atoms with Crippen molar-refractivity contribution >= 4 is 23.0 Å². The Morgan fingerprint density at radius 2 is 2.50 bits per heavy atom. The fourth-order valence-corrected chi connectivity index (χ4v) is 2.25. The topological polar surface area (TPSA) is 42.1 Å². The Kier molecular flexibility index (Phi) is 3.39. The van der Waals surface area contributed by atoms with Gasteiger partial charge in [-0.25, -0.2) is 4.98 Å². The number of anilines is 1. The molecule has 1 saturated heterocycles. The fraction of sp³-hybridized carbons (Fsp3) is 0.500. The normalized spacial score (nSPS) is 20.1. The summed E-state index contributed by atoms with van der Waals surface area (Å²) in [5.74, 6) is 1.80. The van der Waals surface area contributed by atoms with Crippen molar-refractivity contribution in [2.24, 2.45) is 11.7 Å². The van der Waals surface area contributed by atoms with Crippen LogP contribution in [0, 0.1) is 5.92 Å². The van der Waals surface area contributed by atoms with Crippen LogP contribution in [0.5, 0.6) is 0 Å². The van der Waals surface area contributed by atoms with Crippen LogP contribution in [0.15, 0.2) is 18.3 Å². The van der Waals surface area contributed by atoms with Gasteiger partial charge < -0.3 is 10.6 Å². The number of pyridine rings is 1. The summed E-state index contributed by atoms with van der Waals surface area (Å²) >= 11 is 4.97. The average Bonchev–Trinajstić information content (AvgIpc) is 2.77. The molecule has 0 aromatic carbocycles. The SMILES string of the molecule is CCC1CCN(c2cc(C(N)=S)ccn2)C1. The third-order valence-electron chi connectivity index (χ3n) is 3.22. The molecule has 1 atom stereocenters. The molecule has 1 aromatic rings. The number of nitrogens with two attached hydrogens (primary N) is 1. The highest BCUT2D eigenvalue weighted by atomic mass is 32.1. The standard InChI is InChI=1S/C12H17N3S/c1-2-9-4-6-15(8-9)11-7-10(12(13)16)3-5-14-11/h3,5,7,9H,2,4,6,8H2,1H3,(H2,13,16). The smallest absolute Gasteiger partial charge is 0.129 e. The molecule has 0 amide bonds. The van der Waals surface area contributed by atoms with Crippen LogP contribution in [-0.2, 0) is 0 Å². The maximum Gasteiger partial charge on any atom is 0.129 e. The van der Waals surface area contributed by atoms with Crippen molar-refractivity contribution in [2.75, 3.05) is 18.0 Å². The largest absolute Gasteiger partial charge is 0.389 e. The second-order valence-corrected chi connectivity index (χ2v) is 4.72. The van der Waals surface area contributed by atoms with Crippen LogP contribution in [0.1, 0.15) is 25.3 Å². The molecular weight excluding hydrogens is 218 g/mol. The maximum atomic E-state index is 5.62. The summed E-state index contributed by atoms with van der Waals surface area (Å²) in [5.41, 5.74) is 6.52. The van der Waals surface area contributed by atoms with E-state index in [1.807, 2.05) is 12.1 Å². The first kappa shape index (κ1) is 11.3. The predicted molar refractivity (Wildman–Crippen MR) is 70.7 cm³/mol. The lowest BCUT2D eigenvalue weighted by molar-refractivity contribution is 0.569. The molecule has 0 spiro atoms. The number of aromatic nitrogens is 1. The summed E-state index contributed by atoms with van der Waals surface area (Å²) in [5, 5.41) is 0. The van der Waals surface area contributed by atoms with Gasteiger partial charge in [0.25, 0.3) is 0 Å². The van der Waals surface area contributed by atoms with Gasteiger partial charge in [-0.2, -0.15) is 0 Å². The zero-order valence-corrected chi connectivity index (χ0v) is 10.3. The van der Waals surface area contributed by atoms with Gasteiger partial charge in [-0.3, -0.25) is 0 Å². The molecular formula is C12H17N3S. The van der Waals surface area contributed by atoms with Crippen molar-refractivity contribution in [3.63, 3.8) is 0 Å². The van der Waals surface area contributed by atoms with Crippen molar-refractivity contribution in [2.45, 2.75) is 19.8 Å². The second-order valence-electron chi connectivity index (χ2n) is 4.28. The molecule has 2 rings (SSSR count). The average molecular weight is 235 g/mol. The Labute approximate surface area is 102 Å². The van der Waals surface area contributed by atoms with Crippen molar-refractivity contribution in [3.05, 3.63) is 23.9 Å². The Hall–Kier alpha value is -1.16. The Balaban J connectivity index is 2.15. The highest BCUT2D eigenvalue weighted by Gasteiger charge is 2.21. The molecule has 0 radical (unpaired) electrons. The van der Waals surface area contributed by atoms with Gasteiger partial charge in [-0.1, -0.05) is 25.6 Å². The van der Waals surface area contributed by atoms with Gasteiger partial charge in [0, 0.05) is 24.8 Å². The highest BCUT2D eigenvalue weighted by molar-refractivity contribution is 7.80. The molecule has 1 aliphatic rings. The molecule has 3 nitrogen and oxygen atoms in total. The summed E-state index contributed by atoms with van der Waals surface area (Å²) in [4.78, 5) is 7.14. The summed E-state index contributed by atoms with van der Waals surface area (Å²) in [6, 6.07) is 3.85. The third kappa shape index (κ3) is 2.32. The van der Waals surface area contributed by atoms with Crippen molar-refractivity contribution in [1.82, 2.24) is 4.98 Å². The first-order valence-electron chi connectivity index (χ1n) is 5.71. The highest BCUT2D eigenvalue weighted by Crippen LogP contribution is 2.24. The van der Waals surface area contributed by atoms with Crippen LogP contribution in [0.3, 0.4) is 0 Å². The lowest BCUT2D eigenvalue weighted by Crippen LogP contribution is -2.21. The number of rotatable bonds is 3. The van der Waals surface area contributed by atoms with Gasteiger partial charge in [0.05, 0.1) is 0 Å². The summed E-state index contributed by atoms with van der Waals surface area (Å²) in [6.45, 7) is 4.43. The molecule has 16 heavy (non-hydrogen) atoms. The van der Waals surface area contributed by atoms with Gasteiger partial charge in [0.2, 0.25) is 0 Å². The van der Waals surface area contributed by atoms with E-state index in [4.69, 9.17) is 18.0 Å². The van der Waals surface area contributed by atoms with Crippen LogP contribution < -0.4 is 10.6 Å². The van der Waals surface area contributed by atoms with Gasteiger partial charge in [-0.15, -0.1) is 0 Å². The van der Waals surface area contributed by atoms with E-state index in [2.05, 4.69) is 16.8 Å². The Bertz CT molecular complexity index is 392. The predicted octanol–water partition coefficient (Wildman–Crippen LogP) is 1.95. The summed E-state index contributed by atoms with van der Waals surface area (Å²) < 4.78 is 0. The van der Waals surface area contributed by atoms with E-state index >= 15 is 0 Å². The Morgan fingerprint density at radius 1 is 1.69 bits per heavy atom. The van der Waals surface area contributed by atoms with Gasteiger partial charge in [0.15, 0.2) is 0 Å². The number of nitrogens with zero attached hydrogens (tertiary/aromatic N) is 2. The van der Waals surface area contributed by atoms with Crippen molar-refractivity contribution in [3.8, 4) is 0 Å². The molecule has 0 bridgehead atoms. The molecule has 1 aromatic heterocycles.